The summed E-state index contributed by atoms with van der Waals surface area (Å²) in [6.45, 7) is 4.25. The first-order chi connectivity index (χ1) is 6.29. The monoisotopic (exact) mass is 176 g/mol. The highest BCUT2D eigenvalue weighted by atomic mass is 15.0. The van der Waals surface area contributed by atoms with Crippen molar-refractivity contribution in [1.29, 1.82) is 0 Å². The Morgan fingerprint density at radius 3 is 2.46 bits per heavy atom. The van der Waals surface area contributed by atoms with Crippen molar-refractivity contribution < 1.29 is 0 Å². The van der Waals surface area contributed by atoms with Crippen LogP contribution in [0.2, 0.25) is 0 Å². The molecule has 2 aromatic rings. The number of nitrogens with zero attached hydrogens (tertiary/aromatic N) is 2. The van der Waals surface area contributed by atoms with E-state index < -0.39 is 0 Å². The van der Waals surface area contributed by atoms with Crippen LogP contribution in [-0.4, -0.2) is 9.55 Å². The second-order valence-electron chi connectivity index (χ2n) is 3.05. The zero-order valence-electron chi connectivity index (χ0n) is 8.49. The van der Waals surface area contributed by atoms with Crippen LogP contribution in [0, 0.1) is 0 Å². The van der Waals surface area contributed by atoms with Gasteiger partial charge in [-0.15, -0.1) is 0 Å². The summed E-state index contributed by atoms with van der Waals surface area (Å²) >= 11 is 0. The molecule has 0 spiro atoms. The number of para-hydroxylation sites is 2. The van der Waals surface area contributed by atoms with E-state index in [-0.39, 0.29) is 0 Å². The molecule has 70 valence electrons. The van der Waals surface area contributed by atoms with Gasteiger partial charge in [0.25, 0.3) is 0 Å². The molecule has 0 atom stereocenters. The van der Waals surface area contributed by atoms with Gasteiger partial charge in [0.1, 0.15) is 0 Å². The van der Waals surface area contributed by atoms with E-state index in [1.54, 1.807) is 0 Å². The SMILES string of the molecule is CCC.Cn1cnc2ccccc21. The summed E-state index contributed by atoms with van der Waals surface area (Å²) < 4.78 is 2.01. The Morgan fingerprint density at radius 2 is 1.85 bits per heavy atom. The summed E-state index contributed by atoms with van der Waals surface area (Å²) in [6, 6.07) is 8.08. The summed E-state index contributed by atoms with van der Waals surface area (Å²) in [5, 5.41) is 0. The number of aryl methyl sites for hydroxylation is 1. The van der Waals surface area contributed by atoms with Crippen molar-refractivity contribution in [3.63, 3.8) is 0 Å². The van der Waals surface area contributed by atoms with Gasteiger partial charge in [-0.1, -0.05) is 32.4 Å². The number of aromatic nitrogens is 2. The zero-order chi connectivity index (χ0) is 9.68. The van der Waals surface area contributed by atoms with E-state index in [0.29, 0.717) is 0 Å². The van der Waals surface area contributed by atoms with Crippen LogP contribution in [0.5, 0.6) is 0 Å². The van der Waals surface area contributed by atoms with Crippen LogP contribution in [0.25, 0.3) is 11.0 Å². The maximum Gasteiger partial charge on any atom is 0.0955 e. The number of hydrogen-bond acceptors (Lipinski definition) is 1. The van der Waals surface area contributed by atoms with Gasteiger partial charge >= 0.3 is 0 Å². The minimum atomic E-state index is 1.06. The topological polar surface area (TPSA) is 17.8 Å². The summed E-state index contributed by atoms with van der Waals surface area (Å²) in [7, 11) is 2.00. The molecule has 2 rings (SSSR count). The lowest BCUT2D eigenvalue weighted by Gasteiger charge is -1.90. The van der Waals surface area contributed by atoms with Crippen molar-refractivity contribution in [1.82, 2.24) is 9.55 Å². The van der Waals surface area contributed by atoms with Crippen LogP contribution in [0.3, 0.4) is 0 Å². The van der Waals surface area contributed by atoms with Gasteiger partial charge in [-0.2, -0.15) is 0 Å². The standard InChI is InChI=1S/C8H8N2.C3H8/c1-10-6-9-7-4-2-3-5-8(7)10;1-3-2/h2-6H,1H3;3H2,1-2H3. The summed E-state index contributed by atoms with van der Waals surface area (Å²) in [4.78, 5) is 4.18. The maximum absolute atomic E-state index is 4.18. The summed E-state index contributed by atoms with van der Waals surface area (Å²) in [5.74, 6) is 0. The van der Waals surface area contributed by atoms with Crippen molar-refractivity contribution in [2.45, 2.75) is 20.3 Å². The molecule has 0 saturated carbocycles. The molecule has 1 aromatic carbocycles. The van der Waals surface area contributed by atoms with E-state index in [1.165, 1.54) is 11.9 Å². The molecule has 0 N–H and O–H groups in total. The molecule has 0 fully saturated rings. The maximum atomic E-state index is 4.18. The molecule has 0 amide bonds. The lowest BCUT2D eigenvalue weighted by Crippen LogP contribution is -1.81. The molecule has 0 bridgehead atoms. The largest absolute Gasteiger partial charge is 0.334 e. The van der Waals surface area contributed by atoms with E-state index in [9.17, 15) is 0 Å². The molecule has 0 radical (unpaired) electrons. The van der Waals surface area contributed by atoms with Gasteiger partial charge in [0.05, 0.1) is 17.4 Å². The van der Waals surface area contributed by atoms with Crippen molar-refractivity contribution in [2.24, 2.45) is 7.05 Å². The van der Waals surface area contributed by atoms with Crippen molar-refractivity contribution >= 4 is 11.0 Å². The Hall–Kier alpha value is -1.31. The molecule has 0 aliphatic rings. The second kappa shape index (κ2) is 4.65. The van der Waals surface area contributed by atoms with E-state index in [2.05, 4.69) is 24.9 Å². The third kappa shape index (κ3) is 2.31. The van der Waals surface area contributed by atoms with Crippen molar-refractivity contribution in [2.75, 3.05) is 0 Å². The number of benzene rings is 1. The fourth-order valence-electron chi connectivity index (χ4n) is 1.08. The highest BCUT2D eigenvalue weighted by molar-refractivity contribution is 5.74. The van der Waals surface area contributed by atoms with Gasteiger partial charge in [0.15, 0.2) is 0 Å². The first kappa shape index (κ1) is 9.78. The normalized spacial score (nSPS) is 9.46. The van der Waals surface area contributed by atoms with Crippen LogP contribution >= 0.6 is 0 Å². The number of imidazole rings is 1. The average Bonchev–Trinajstić information content (AvgIpc) is 2.50. The second-order valence-corrected chi connectivity index (χ2v) is 3.05. The quantitative estimate of drug-likeness (QED) is 0.603. The van der Waals surface area contributed by atoms with Gasteiger partial charge in [-0.25, -0.2) is 4.98 Å². The van der Waals surface area contributed by atoms with Crippen LogP contribution < -0.4 is 0 Å². The van der Waals surface area contributed by atoms with Gasteiger partial charge in [-0.3, -0.25) is 0 Å². The fourth-order valence-corrected chi connectivity index (χ4v) is 1.08. The van der Waals surface area contributed by atoms with E-state index in [1.807, 2.05) is 36.1 Å². The van der Waals surface area contributed by atoms with Gasteiger partial charge in [0.2, 0.25) is 0 Å². The first-order valence-corrected chi connectivity index (χ1v) is 4.65. The lowest BCUT2D eigenvalue weighted by molar-refractivity contribution is 0.948. The minimum Gasteiger partial charge on any atom is -0.334 e. The molecular formula is C11H16N2. The molecule has 13 heavy (non-hydrogen) atoms. The summed E-state index contributed by atoms with van der Waals surface area (Å²) in [6.07, 6.45) is 3.07. The van der Waals surface area contributed by atoms with Crippen LogP contribution in [-0.2, 0) is 7.05 Å². The molecule has 0 unspecified atom stereocenters. The predicted molar refractivity (Wildman–Crippen MR) is 56.7 cm³/mol. The average molecular weight is 176 g/mol. The Labute approximate surface area is 79.2 Å². The molecule has 0 saturated heterocycles. The van der Waals surface area contributed by atoms with Crippen molar-refractivity contribution in [3.8, 4) is 0 Å². The Bertz CT molecular complexity index is 363. The van der Waals surface area contributed by atoms with Crippen molar-refractivity contribution in [3.05, 3.63) is 30.6 Å². The summed E-state index contributed by atoms with van der Waals surface area (Å²) in [5.41, 5.74) is 2.24. The fraction of sp³-hybridized carbons (Fsp3) is 0.364. The molecule has 1 heterocycles. The predicted octanol–water partition coefficient (Wildman–Crippen LogP) is 2.99. The third-order valence-electron chi connectivity index (χ3n) is 1.63. The van der Waals surface area contributed by atoms with Gasteiger partial charge in [0, 0.05) is 7.05 Å². The Morgan fingerprint density at radius 1 is 1.23 bits per heavy atom. The molecule has 2 nitrogen and oxygen atoms in total. The number of rotatable bonds is 0. The van der Waals surface area contributed by atoms with Gasteiger partial charge in [-0.05, 0) is 12.1 Å². The number of hydrogen-bond donors (Lipinski definition) is 0. The molecule has 2 heteroatoms. The van der Waals surface area contributed by atoms with E-state index in [4.69, 9.17) is 0 Å². The van der Waals surface area contributed by atoms with Crippen LogP contribution in [0.15, 0.2) is 30.6 Å². The van der Waals surface area contributed by atoms with Crippen LogP contribution in [0.1, 0.15) is 20.3 Å². The molecule has 0 aliphatic heterocycles. The van der Waals surface area contributed by atoms with E-state index in [0.717, 1.165) is 5.52 Å². The molecular weight excluding hydrogens is 160 g/mol. The van der Waals surface area contributed by atoms with Gasteiger partial charge < -0.3 is 4.57 Å². The third-order valence-corrected chi connectivity index (χ3v) is 1.63. The Balaban J connectivity index is 0.000000251. The minimum absolute atomic E-state index is 1.06. The lowest BCUT2D eigenvalue weighted by atomic mass is 10.3. The zero-order valence-corrected chi connectivity index (χ0v) is 8.49. The first-order valence-electron chi connectivity index (χ1n) is 4.65. The number of fused-ring (bicyclic) bond motifs is 1. The van der Waals surface area contributed by atoms with E-state index >= 15 is 0 Å². The van der Waals surface area contributed by atoms with Crippen LogP contribution in [0.4, 0.5) is 0 Å². The molecule has 0 aliphatic carbocycles. The highest BCUT2D eigenvalue weighted by Crippen LogP contribution is 2.08. The molecule has 1 aromatic heterocycles. The smallest absolute Gasteiger partial charge is 0.0955 e. The Kier molecular flexibility index (Phi) is 3.50. The highest BCUT2D eigenvalue weighted by Gasteiger charge is 1.93.